The van der Waals surface area contributed by atoms with E-state index in [4.69, 9.17) is 9.47 Å². The first-order valence-corrected chi connectivity index (χ1v) is 10.0. The molecule has 0 saturated heterocycles. The maximum absolute atomic E-state index is 13.6. The molecule has 1 unspecified atom stereocenters. The zero-order valence-electron chi connectivity index (χ0n) is 18.9. The van der Waals surface area contributed by atoms with E-state index in [1.807, 2.05) is 39.2 Å². The molecule has 31 heavy (non-hydrogen) atoms. The molecule has 0 bridgehead atoms. The van der Waals surface area contributed by atoms with Gasteiger partial charge in [-0.05, 0) is 50.3 Å². The third-order valence-electron chi connectivity index (χ3n) is 4.76. The summed E-state index contributed by atoms with van der Waals surface area (Å²) in [6.07, 6.45) is 0. The van der Waals surface area contributed by atoms with Gasteiger partial charge in [0, 0.05) is 32.8 Å². The lowest BCUT2D eigenvalue weighted by molar-refractivity contribution is 0.145. The number of aliphatic imine (C=N–C) groups is 1. The summed E-state index contributed by atoms with van der Waals surface area (Å²) in [7, 11) is 7.34. The molecule has 1 atom stereocenters. The molecule has 6 nitrogen and oxygen atoms in total. The highest BCUT2D eigenvalue weighted by atomic mass is 127. The minimum absolute atomic E-state index is 0. The largest absolute Gasteiger partial charge is 0.491 e. The fourth-order valence-electron chi connectivity index (χ4n) is 3.08. The summed E-state index contributed by atoms with van der Waals surface area (Å²) < 4.78 is 24.6. The van der Waals surface area contributed by atoms with Crippen molar-refractivity contribution in [2.45, 2.75) is 19.5 Å². The van der Waals surface area contributed by atoms with Crippen LogP contribution in [0.3, 0.4) is 0 Å². The summed E-state index contributed by atoms with van der Waals surface area (Å²) in [5.41, 5.74) is 3.09. The lowest BCUT2D eigenvalue weighted by Crippen LogP contribution is -2.41. The van der Waals surface area contributed by atoms with E-state index in [-0.39, 0.29) is 35.8 Å². The predicted octanol–water partition coefficient (Wildman–Crippen LogP) is 3.75. The third kappa shape index (κ3) is 9.00. The van der Waals surface area contributed by atoms with E-state index in [1.165, 1.54) is 6.07 Å². The SMILES string of the molecule is CN=C(NCc1ccc(C)cc1OCCOC)NCC(c1cccc(F)c1)N(C)C.I. The Morgan fingerprint density at radius 2 is 1.90 bits per heavy atom. The first kappa shape index (κ1) is 27.1. The van der Waals surface area contributed by atoms with Crippen LogP contribution in [0.1, 0.15) is 22.7 Å². The number of likely N-dealkylation sites (N-methyl/N-ethyl adjacent to an activating group) is 1. The lowest BCUT2D eigenvalue weighted by atomic mass is 10.1. The Labute approximate surface area is 202 Å². The van der Waals surface area contributed by atoms with Crippen molar-refractivity contribution in [3.05, 3.63) is 65.0 Å². The van der Waals surface area contributed by atoms with Crippen LogP contribution in [0.4, 0.5) is 4.39 Å². The Morgan fingerprint density at radius 3 is 2.55 bits per heavy atom. The van der Waals surface area contributed by atoms with Crippen molar-refractivity contribution in [2.75, 3.05) is 48.0 Å². The Hall–Kier alpha value is -1.91. The van der Waals surface area contributed by atoms with Crippen LogP contribution in [-0.4, -0.2) is 58.9 Å². The minimum Gasteiger partial charge on any atom is -0.491 e. The van der Waals surface area contributed by atoms with Gasteiger partial charge in [-0.3, -0.25) is 4.99 Å². The molecule has 172 valence electrons. The maximum atomic E-state index is 13.6. The lowest BCUT2D eigenvalue weighted by Gasteiger charge is -2.26. The number of rotatable bonds is 10. The van der Waals surface area contributed by atoms with Gasteiger partial charge in [0.2, 0.25) is 0 Å². The van der Waals surface area contributed by atoms with Crippen molar-refractivity contribution in [2.24, 2.45) is 4.99 Å². The van der Waals surface area contributed by atoms with Crippen LogP contribution in [0.2, 0.25) is 0 Å². The smallest absolute Gasteiger partial charge is 0.191 e. The van der Waals surface area contributed by atoms with Gasteiger partial charge in [0.05, 0.1) is 12.6 Å². The molecule has 2 aromatic carbocycles. The van der Waals surface area contributed by atoms with Gasteiger partial charge in [-0.1, -0.05) is 24.3 Å². The van der Waals surface area contributed by atoms with Crippen LogP contribution in [0.15, 0.2) is 47.5 Å². The zero-order chi connectivity index (χ0) is 21.9. The fraction of sp³-hybridized carbons (Fsp3) is 0.435. The quantitative estimate of drug-likeness (QED) is 0.207. The molecule has 2 N–H and O–H groups in total. The number of halogens is 2. The number of methoxy groups -OCH3 is 1. The topological polar surface area (TPSA) is 58.1 Å². The molecule has 0 aliphatic carbocycles. The van der Waals surface area contributed by atoms with Crippen molar-refractivity contribution < 1.29 is 13.9 Å². The first-order valence-electron chi connectivity index (χ1n) is 10.0. The van der Waals surface area contributed by atoms with Crippen LogP contribution in [-0.2, 0) is 11.3 Å². The van der Waals surface area contributed by atoms with Crippen molar-refractivity contribution in [1.82, 2.24) is 15.5 Å². The number of guanidine groups is 1. The minimum atomic E-state index is -0.234. The molecule has 8 heteroatoms. The summed E-state index contributed by atoms with van der Waals surface area (Å²) in [5, 5.41) is 6.66. The summed E-state index contributed by atoms with van der Waals surface area (Å²) >= 11 is 0. The Kier molecular flexibility index (Phi) is 12.4. The number of aryl methyl sites for hydroxylation is 1. The second kappa shape index (κ2) is 14.2. The van der Waals surface area contributed by atoms with Gasteiger partial charge in [0.1, 0.15) is 18.2 Å². The summed E-state index contributed by atoms with van der Waals surface area (Å²) in [4.78, 5) is 6.36. The van der Waals surface area contributed by atoms with Gasteiger partial charge in [0.15, 0.2) is 5.96 Å². The maximum Gasteiger partial charge on any atom is 0.191 e. The Balaban J connectivity index is 0.00000480. The number of hydrogen-bond acceptors (Lipinski definition) is 4. The zero-order valence-corrected chi connectivity index (χ0v) is 21.3. The molecule has 0 amide bonds. The molecule has 2 rings (SSSR count). The standard InChI is InChI=1S/C23H33FN4O2.HI/c1-17-9-10-19(22(13-17)30-12-11-29-5)15-26-23(25-2)27-16-21(28(3)4)18-7-6-8-20(24)14-18;/h6-10,13-14,21H,11-12,15-16H2,1-5H3,(H2,25,26,27);1H. The number of benzene rings is 2. The van der Waals surface area contributed by atoms with E-state index >= 15 is 0 Å². The normalized spacial score (nSPS) is 12.3. The van der Waals surface area contributed by atoms with Gasteiger partial charge in [-0.15, -0.1) is 24.0 Å². The van der Waals surface area contributed by atoms with E-state index in [0.29, 0.717) is 32.3 Å². The van der Waals surface area contributed by atoms with E-state index in [0.717, 1.165) is 22.4 Å². The summed E-state index contributed by atoms with van der Waals surface area (Å²) in [6, 6.07) is 12.8. The van der Waals surface area contributed by atoms with Gasteiger partial charge in [-0.25, -0.2) is 4.39 Å². The number of nitrogens with one attached hydrogen (secondary N) is 2. The highest BCUT2D eigenvalue weighted by Gasteiger charge is 2.15. The number of ether oxygens (including phenoxy) is 2. The summed E-state index contributed by atoms with van der Waals surface area (Å²) in [6.45, 7) is 4.22. The van der Waals surface area contributed by atoms with Gasteiger partial charge in [0.25, 0.3) is 0 Å². The van der Waals surface area contributed by atoms with Crippen LogP contribution < -0.4 is 15.4 Å². The highest BCUT2D eigenvalue weighted by Crippen LogP contribution is 2.21. The second-order valence-electron chi connectivity index (χ2n) is 7.29. The number of hydrogen-bond donors (Lipinski definition) is 2. The van der Waals surface area contributed by atoms with E-state index in [2.05, 4.69) is 26.6 Å². The van der Waals surface area contributed by atoms with Crippen LogP contribution in [0, 0.1) is 12.7 Å². The molecule has 2 aromatic rings. The van der Waals surface area contributed by atoms with E-state index in [1.54, 1.807) is 26.3 Å². The van der Waals surface area contributed by atoms with E-state index < -0.39 is 0 Å². The van der Waals surface area contributed by atoms with Crippen molar-refractivity contribution in [3.8, 4) is 5.75 Å². The number of nitrogens with zero attached hydrogens (tertiary/aromatic N) is 2. The molecular weight excluding hydrogens is 510 g/mol. The van der Waals surface area contributed by atoms with E-state index in [9.17, 15) is 4.39 Å². The van der Waals surface area contributed by atoms with Crippen molar-refractivity contribution in [3.63, 3.8) is 0 Å². The van der Waals surface area contributed by atoms with Gasteiger partial charge >= 0.3 is 0 Å². The summed E-state index contributed by atoms with van der Waals surface area (Å²) in [5.74, 6) is 1.27. The predicted molar refractivity (Wildman–Crippen MR) is 135 cm³/mol. The van der Waals surface area contributed by atoms with Crippen molar-refractivity contribution in [1.29, 1.82) is 0 Å². The van der Waals surface area contributed by atoms with Crippen molar-refractivity contribution >= 4 is 29.9 Å². The van der Waals surface area contributed by atoms with Gasteiger partial charge < -0.3 is 25.0 Å². The molecule has 0 spiro atoms. The molecule has 0 aliphatic heterocycles. The van der Waals surface area contributed by atoms with Crippen LogP contribution >= 0.6 is 24.0 Å². The fourth-order valence-corrected chi connectivity index (χ4v) is 3.08. The second-order valence-corrected chi connectivity index (χ2v) is 7.29. The molecule has 0 aromatic heterocycles. The highest BCUT2D eigenvalue weighted by molar-refractivity contribution is 14.0. The third-order valence-corrected chi connectivity index (χ3v) is 4.76. The molecule has 0 aliphatic rings. The molecule has 0 saturated carbocycles. The average Bonchev–Trinajstić information content (AvgIpc) is 2.71. The Bertz CT molecular complexity index is 833. The van der Waals surface area contributed by atoms with Gasteiger partial charge in [-0.2, -0.15) is 0 Å². The molecule has 0 heterocycles. The monoisotopic (exact) mass is 544 g/mol. The Morgan fingerprint density at radius 1 is 1.13 bits per heavy atom. The average molecular weight is 544 g/mol. The molecule has 0 radical (unpaired) electrons. The van der Waals surface area contributed by atoms with Crippen LogP contribution in [0.25, 0.3) is 0 Å². The first-order chi connectivity index (χ1) is 14.4. The van der Waals surface area contributed by atoms with Crippen LogP contribution in [0.5, 0.6) is 5.75 Å². The molecular formula is C23H34FIN4O2. The molecule has 0 fully saturated rings.